The van der Waals surface area contributed by atoms with E-state index in [0.717, 1.165) is 5.75 Å². The Labute approximate surface area is 120 Å². The zero-order valence-corrected chi connectivity index (χ0v) is 12.7. The molecule has 1 fully saturated rings. The number of nitrogens with zero attached hydrogens (tertiary/aromatic N) is 2. The highest BCUT2D eigenvalue weighted by molar-refractivity contribution is 5.64. The third-order valence-electron chi connectivity index (χ3n) is 3.42. The van der Waals surface area contributed by atoms with Crippen LogP contribution in [0.1, 0.15) is 45.2 Å². The standard InChI is InChI=1S/C17H22N2O/c1-12-11-18-19(14-7-8-14)16(12)13-5-9-15(10-6-13)20-17(2,3)4/h5-6,9-11,14H,7-8H2,1-4H3. The minimum Gasteiger partial charge on any atom is -0.488 e. The van der Waals surface area contributed by atoms with Crippen molar-refractivity contribution in [3.63, 3.8) is 0 Å². The van der Waals surface area contributed by atoms with E-state index in [2.05, 4.69) is 49.6 Å². The minimum atomic E-state index is -0.160. The zero-order chi connectivity index (χ0) is 14.3. The Balaban J connectivity index is 1.89. The summed E-state index contributed by atoms with van der Waals surface area (Å²) in [5, 5.41) is 4.52. The molecule has 1 heterocycles. The molecule has 0 N–H and O–H groups in total. The Bertz CT molecular complexity index is 601. The van der Waals surface area contributed by atoms with Crippen molar-refractivity contribution in [2.75, 3.05) is 0 Å². The van der Waals surface area contributed by atoms with E-state index in [-0.39, 0.29) is 5.60 Å². The second-order valence-electron chi connectivity index (χ2n) is 6.59. The average molecular weight is 270 g/mol. The third kappa shape index (κ3) is 2.72. The van der Waals surface area contributed by atoms with Gasteiger partial charge < -0.3 is 4.74 Å². The molecule has 0 spiro atoms. The molecule has 1 aliphatic carbocycles. The van der Waals surface area contributed by atoms with Crippen LogP contribution in [0.25, 0.3) is 11.3 Å². The van der Waals surface area contributed by atoms with Gasteiger partial charge in [0.05, 0.1) is 17.9 Å². The quantitative estimate of drug-likeness (QED) is 0.828. The van der Waals surface area contributed by atoms with Crippen LogP contribution >= 0.6 is 0 Å². The van der Waals surface area contributed by atoms with Crippen LogP contribution in [0.4, 0.5) is 0 Å². The molecule has 0 aliphatic heterocycles. The largest absolute Gasteiger partial charge is 0.488 e. The molecule has 0 amide bonds. The van der Waals surface area contributed by atoms with Crippen LogP contribution in [-0.4, -0.2) is 15.4 Å². The highest BCUT2D eigenvalue weighted by Gasteiger charge is 2.27. The second-order valence-corrected chi connectivity index (χ2v) is 6.59. The van der Waals surface area contributed by atoms with Crippen molar-refractivity contribution in [3.05, 3.63) is 36.0 Å². The maximum Gasteiger partial charge on any atom is 0.120 e. The summed E-state index contributed by atoms with van der Waals surface area (Å²) in [6.07, 6.45) is 4.46. The van der Waals surface area contributed by atoms with Crippen molar-refractivity contribution >= 4 is 0 Å². The lowest BCUT2D eigenvalue weighted by Gasteiger charge is -2.21. The molecule has 1 aromatic heterocycles. The second kappa shape index (κ2) is 4.65. The molecule has 0 radical (unpaired) electrons. The molecular weight excluding hydrogens is 248 g/mol. The summed E-state index contributed by atoms with van der Waals surface area (Å²) in [5.41, 5.74) is 3.54. The molecule has 1 saturated carbocycles. The smallest absolute Gasteiger partial charge is 0.120 e. The average Bonchev–Trinajstić information content (AvgIpc) is 3.13. The van der Waals surface area contributed by atoms with Crippen LogP contribution < -0.4 is 4.74 Å². The van der Waals surface area contributed by atoms with Gasteiger partial charge in [-0.3, -0.25) is 4.68 Å². The van der Waals surface area contributed by atoms with Gasteiger partial charge in [-0.25, -0.2) is 0 Å². The molecule has 106 valence electrons. The molecule has 1 aliphatic rings. The Kier molecular flexibility index (Phi) is 3.08. The van der Waals surface area contributed by atoms with E-state index in [1.54, 1.807) is 0 Å². The fraction of sp³-hybridized carbons (Fsp3) is 0.471. The van der Waals surface area contributed by atoms with E-state index in [1.807, 2.05) is 18.3 Å². The topological polar surface area (TPSA) is 27.1 Å². The van der Waals surface area contributed by atoms with Gasteiger partial charge in [-0.05, 0) is 70.4 Å². The zero-order valence-electron chi connectivity index (χ0n) is 12.7. The van der Waals surface area contributed by atoms with Crippen molar-refractivity contribution in [1.29, 1.82) is 0 Å². The maximum absolute atomic E-state index is 5.87. The van der Waals surface area contributed by atoms with Crippen molar-refractivity contribution in [1.82, 2.24) is 9.78 Å². The minimum absolute atomic E-state index is 0.160. The number of hydrogen-bond donors (Lipinski definition) is 0. The Morgan fingerprint density at radius 3 is 2.35 bits per heavy atom. The molecule has 0 unspecified atom stereocenters. The molecule has 3 heteroatoms. The Hall–Kier alpha value is -1.77. The molecule has 0 saturated heterocycles. The fourth-order valence-electron chi connectivity index (χ4n) is 2.44. The van der Waals surface area contributed by atoms with E-state index in [4.69, 9.17) is 4.74 Å². The normalized spacial score (nSPS) is 15.4. The lowest BCUT2D eigenvalue weighted by atomic mass is 10.1. The monoisotopic (exact) mass is 270 g/mol. The van der Waals surface area contributed by atoms with Crippen molar-refractivity contribution in [2.24, 2.45) is 0 Å². The van der Waals surface area contributed by atoms with Crippen LogP contribution in [0, 0.1) is 6.92 Å². The van der Waals surface area contributed by atoms with Crippen LogP contribution in [-0.2, 0) is 0 Å². The molecule has 3 rings (SSSR count). The first kappa shape index (κ1) is 13.2. The van der Waals surface area contributed by atoms with Gasteiger partial charge in [-0.1, -0.05) is 0 Å². The fourth-order valence-corrected chi connectivity index (χ4v) is 2.44. The van der Waals surface area contributed by atoms with Gasteiger partial charge in [0.2, 0.25) is 0 Å². The molecule has 3 nitrogen and oxygen atoms in total. The maximum atomic E-state index is 5.87. The number of rotatable bonds is 3. The number of aromatic nitrogens is 2. The van der Waals surface area contributed by atoms with Crippen molar-refractivity contribution < 1.29 is 4.74 Å². The molecule has 20 heavy (non-hydrogen) atoms. The third-order valence-corrected chi connectivity index (χ3v) is 3.42. The summed E-state index contributed by atoms with van der Waals surface area (Å²) in [5.74, 6) is 0.913. The van der Waals surface area contributed by atoms with E-state index in [0.29, 0.717) is 6.04 Å². The van der Waals surface area contributed by atoms with Gasteiger partial charge in [0.25, 0.3) is 0 Å². The number of aryl methyl sites for hydroxylation is 1. The van der Waals surface area contributed by atoms with Crippen LogP contribution in [0.15, 0.2) is 30.5 Å². The first-order valence-electron chi connectivity index (χ1n) is 7.27. The van der Waals surface area contributed by atoms with Gasteiger partial charge in [0, 0.05) is 5.56 Å². The summed E-state index contributed by atoms with van der Waals surface area (Å²) in [6, 6.07) is 8.95. The summed E-state index contributed by atoms with van der Waals surface area (Å²) in [6.45, 7) is 8.31. The van der Waals surface area contributed by atoms with Crippen LogP contribution in [0.3, 0.4) is 0 Å². The van der Waals surface area contributed by atoms with Gasteiger partial charge in [-0.2, -0.15) is 5.10 Å². The first-order chi connectivity index (χ1) is 9.44. The Morgan fingerprint density at radius 2 is 1.80 bits per heavy atom. The van der Waals surface area contributed by atoms with E-state index in [1.165, 1.54) is 29.7 Å². The molecule has 0 atom stereocenters. The van der Waals surface area contributed by atoms with E-state index < -0.39 is 0 Å². The van der Waals surface area contributed by atoms with Gasteiger partial charge in [0.15, 0.2) is 0 Å². The number of hydrogen-bond acceptors (Lipinski definition) is 2. The Morgan fingerprint density at radius 1 is 1.15 bits per heavy atom. The number of ether oxygens (including phenoxy) is 1. The highest BCUT2D eigenvalue weighted by atomic mass is 16.5. The lowest BCUT2D eigenvalue weighted by Crippen LogP contribution is -2.22. The van der Waals surface area contributed by atoms with Gasteiger partial charge >= 0.3 is 0 Å². The first-order valence-corrected chi connectivity index (χ1v) is 7.27. The van der Waals surface area contributed by atoms with Crippen LogP contribution in [0.2, 0.25) is 0 Å². The number of benzene rings is 1. The predicted molar refractivity (Wildman–Crippen MR) is 81.1 cm³/mol. The van der Waals surface area contributed by atoms with E-state index in [9.17, 15) is 0 Å². The van der Waals surface area contributed by atoms with Crippen molar-refractivity contribution in [2.45, 2.75) is 52.2 Å². The lowest BCUT2D eigenvalue weighted by molar-refractivity contribution is 0.131. The van der Waals surface area contributed by atoms with Crippen molar-refractivity contribution in [3.8, 4) is 17.0 Å². The summed E-state index contributed by atoms with van der Waals surface area (Å²) < 4.78 is 8.05. The highest BCUT2D eigenvalue weighted by Crippen LogP contribution is 2.39. The van der Waals surface area contributed by atoms with E-state index >= 15 is 0 Å². The summed E-state index contributed by atoms with van der Waals surface area (Å²) in [7, 11) is 0. The molecular formula is C17H22N2O. The van der Waals surface area contributed by atoms with Gasteiger partial charge in [-0.15, -0.1) is 0 Å². The SMILES string of the molecule is Cc1cnn(C2CC2)c1-c1ccc(OC(C)(C)C)cc1. The summed E-state index contributed by atoms with van der Waals surface area (Å²) >= 11 is 0. The van der Waals surface area contributed by atoms with Crippen LogP contribution in [0.5, 0.6) is 5.75 Å². The molecule has 0 bridgehead atoms. The van der Waals surface area contributed by atoms with Gasteiger partial charge in [0.1, 0.15) is 11.4 Å². The molecule has 1 aromatic carbocycles. The summed E-state index contributed by atoms with van der Waals surface area (Å²) in [4.78, 5) is 0. The predicted octanol–water partition coefficient (Wildman–Crippen LogP) is 4.37. The molecule has 2 aromatic rings.